The Bertz CT molecular complexity index is 176. The van der Waals surface area contributed by atoms with Crippen LogP contribution in [0.3, 0.4) is 0 Å². The van der Waals surface area contributed by atoms with Crippen molar-refractivity contribution in [2.75, 3.05) is 6.61 Å². The summed E-state index contributed by atoms with van der Waals surface area (Å²) in [5.74, 6) is 0. The van der Waals surface area contributed by atoms with Crippen molar-refractivity contribution in [2.45, 2.75) is 51.5 Å². The van der Waals surface area contributed by atoms with Gasteiger partial charge in [-0.05, 0) is 20.3 Å². The minimum Gasteiger partial charge on any atom is -0.396 e. The van der Waals surface area contributed by atoms with Crippen LogP contribution in [0.1, 0.15) is 20.3 Å². The lowest BCUT2D eigenvalue weighted by Crippen LogP contribution is -2.25. The van der Waals surface area contributed by atoms with E-state index in [0.29, 0.717) is 6.61 Å². The molecule has 0 bridgehead atoms. The zero-order valence-electron chi connectivity index (χ0n) is 10.3. The molecule has 0 radical (unpaired) electrons. The molecule has 0 fully saturated rings. The highest BCUT2D eigenvalue weighted by Gasteiger charge is 2.18. The second-order valence-corrected chi connectivity index (χ2v) is 12.6. The van der Waals surface area contributed by atoms with Gasteiger partial charge >= 0.3 is 0 Å². The van der Waals surface area contributed by atoms with Gasteiger partial charge in [0.15, 0.2) is 0 Å². The average Bonchev–Trinajstić information content (AvgIpc) is 2.14. The summed E-state index contributed by atoms with van der Waals surface area (Å²) >= 11 is 0. The van der Waals surface area contributed by atoms with Crippen LogP contribution in [-0.4, -0.2) is 29.3 Å². The molecule has 0 aromatic carbocycles. The Morgan fingerprint density at radius 2 is 2.00 bits per heavy atom. The van der Waals surface area contributed by atoms with E-state index in [9.17, 15) is 0 Å². The van der Waals surface area contributed by atoms with Crippen LogP contribution < -0.4 is 0 Å². The molecule has 0 saturated carbocycles. The maximum absolute atomic E-state index is 8.80. The predicted molar refractivity (Wildman–Crippen MR) is 71.6 cm³/mol. The summed E-state index contributed by atoms with van der Waals surface area (Å²) < 4.78 is 0. The Balaban J connectivity index is 3.64. The Morgan fingerprint density at radius 3 is 2.50 bits per heavy atom. The zero-order chi connectivity index (χ0) is 11.0. The number of allylic oxidation sites excluding steroid dienone is 2. The Hall–Kier alpha value is 0.134. The van der Waals surface area contributed by atoms with Crippen LogP contribution in [0.25, 0.3) is 0 Å². The molecule has 0 saturated heterocycles. The fourth-order valence-corrected chi connectivity index (χ4v) is 8.42. The minimum absolute atomic E-state index is 0.0659. The van der Waals surface area contributed by atoms with Crippen LogP contribution >= 0.6 is 0 Å². The van der Waals surface area contributed by atoms with Crippen molar-refractivity contribution in [1.29, 1.82) is 0 Å². The zero-order valence-corrected chi connectivity index (χ0v) is 12.7. The van der Waals surface area contributed by atoms with E-state index in [0.717, 1.165) is 6.42 Å². The summed E-state index contributed by atoms with van der Waals surface area (Å²) in [7, 11) is -0.890. The first kappa shape index (κ1) is 14.1. The summed E-state index contributed by atoms with van der Waals surface area (Å²) in [6, 6.07) is 4.23. The molecule has 0 aliphatic rings. The highest BCUT2D eigenvalue weighted by molar-refractivity contribution is 6.78. The first-order valence-electron chi connectivity index (χ1n) is 5.74. The normalized spacial score (nSPS) is 14.2. The average molecular weight is 230 g/mol. The van der Waals surface area contributed by atoms with Crippen molar-refractivity contribution in [3.8, 4) is 0 Å². The molecule has 0 rings (SSSR count). The highest BCUT2D eigenvalue weighted by atomic mass is 28.3. The van der Waals surface area contributed by atoms with E-state index < -0.39 is 8.07 Å². The molecular formula is C11H26OSi2. The van der Waals surface area contributed by atoms with E-state index >= 15 is 0 Å². The molecule has 0 unspecified atom stereocenters. The maximum Gasteiger partial charge on any atom is 0.0485 e. The van der Waals surface area contributed by atoms with Gasteiger partial charge in [-0.3, -0.25) is 0 Å². The third-order valence-corrected chi connectivity index (χ3v) is 8.95. The third kappa shape index (κ3) is 7.53. The van der Waals surface area contributed by atoms with E-state index in [-0.39, 0.29) is 9.52 Å². The first-order chi connectivity index (χ1) is 6.52. The lowest BCUT2D eigenvalue weighted by atomic mass is 10.5. The van der Waals surface area contributed by atoms with Gasteiger partial charge in [0.1, 0.15) is 0 Å². The smallest absolute Gasteiger partial charge is 0.0485 e. The molecule has 14 heavy (non-hydrogen) atoms. The molecular weight excluding hydrogens is 204 g/mol. The van der Waals surface area contributed by atoms with Crippen LogP contribution in [0.2, 0.25) is 31.2 Å². The number of aliphatic hydroxyl groups excluding tert-OH is 1. The Morgan fingerprint density at radius 1 is 1.36 bits per heavy atom. The quantitative estimate of drug-likeness (QED) is 0.667. The molecule has 0 aromatic rings. The Kier molecular flexibility index (Phi) is 7.50. The van der Waals surface area contributed by atoms with Gasteiger partial charge in [-0.2, -0.15) is 0 Å². The van der Waals surface area contributed by atoms with Crippen molar-refractivity contribution in [2.24, 2.45) is 0 Å². The minimum atomic E-state index is -0.956. The van der Waals surface area contributed by atoms with Gasteiger partial charge in [0.25, 0.3) is 0 Å². The summed E-state index contributed by atoms with van der Waals surface area (Å²) in [4.78, 5) is 0. The molecule has 0 spiro atoms. The van der Waals surface area contributed by atoms with Crippen molar-refractivity contribution >= 4 is 17.6 Å². The summed E-state index contributed by atoms with van der Waals surface area (Å²) in [5, 5.41) is 10.5. The van der Waals surface area contributed by atoms with Crippen molar-refractivity contribution in [3.63, 3.8) is 0 Å². The van der Waals surface area contributed by atoms with E-state index in [2.05, 4.69) is 33.0 Å². The van der Waals surface area contributed by atoms with Gasteiger partial charge in [0.2, 0.25) is 0 Å². The number of hydrogen-bond donors (Lipinski definition) is 1. The van der Waals surface area contributed by atoms with E-state index in [4.69, 9.17) is 5.11 Å². The van der Waals surface area contributed by atoms with Gasteiger partial charge in [-0.15, -0.1) is 0 Å². The van der Waals surface area contributed by atoms with Gasteiger partial charge in [0, 0.05) is 24.2 Å². The molecule has 84 valence electrons. The van der Waals surface area contributed by atoms with Gasteiger partial charge < -0.3 is 5.11 Å². The summed E-state index contributed by atoms with van der Waals surface area (Å²) in [5.41, 5.74) is 0. The van der Waals surface area contributed by atoms with Crippen LogP contribution in [-0.2, 0) is 0 Å². The topological polar surface area (TPSA) is 20.2 Å². The fraction of sp³-hybridized carbons (Fsp3) is 0.818. The summed E-state index contributed by atoms with van der Waals surface area (Å²) in [6.45, 7) is 9.72. The third-order valence-electron chi connectivity index (χ3n) is 2.93. The molecule has 0 aromatic heterocycles. The monoisotopic (exact) mass is 230 g/mol. The second-order valence-electron chi connectivity index (χ2n) is 4.98. The van der Waals surface area contributed by atoms with Crippen LogP contribution in [0.15, 0.2) is 11.3 Å². The van der Waals surface area contributed by atoms with Crippen molar-refractivity contribution in [3.05, 3.63) is 11.3 Å². The molecule has 0 heterocycles. The van der Waals surface area contributed by atoms with Crippen LogP contribution in [0, 0.1) is 0 Å². The molecule has 0 aliphatic heterocycles. The van der Waals surface area contributed by atoms with Gasteiger partial charge in [0.05, 0.1) is 0 Å². The fourth-order valence-electron chi connectivity index (χ4n) is 1.67. The number of rotatable bonds is 7. The van der Waals surface area contributed by atoms with Gasteiger partial charge in [-0.1, -0.05) is 42.5 Å². The molecule has 0 amide bonds. The second kappa shape index (κ2) is 7.43. The van der Waals surface area contributed by atoms with E-state index in [1.807, 2.05) is 0 Å². The van der Waals surface area contributed by atoms with Crippen molar-refractivity contribution < 1.29 is 5.11 Å². The maximum atomic E-state index is 8.80. The lowest BCUT2D eigenvalue weighted by molar-refractivity contribution is 0.294. The molecule has 1 N–H and O–H groups in total. The van der Waals surface area contributed by atoms with E-state index in [1.54, 1.807) is 5.20 Å². The Labute approximate surface area is 92.4 Å². The highest BCUT2D eigenvalue weighted by Crippen LogP contribution is 2.19. The molecule has 1 nitrogen and oxygen atoms in total. The van der Waals surface area contributed by atoms with Crippen molar-refractivity contribution in [1.82, 2.24) is 0 Å². The van der Waals surface area contributed by atoms with Crippen LogP contribution in [0.4, 0.5) is 0 Å². The SMILES string of the molecule is CC=C(C)[SiH2]CC[Si](C)(C)CCCO. The van der Waals surface area contributed by atoms with E-state index in [1.165, 1.54) is 18.1 Å². The number of hydrogen-bond acceptors (Lipinski definition) is 1. The lowest BCUT2D eigenvalue weighted by Gasteiger charge is -2.21. The molecule has 0 aliphatic carbocycles. The predicted octanol–water partition coefficient (Wildman–Crippen LogP) is 2.59. The largest absolute Gasteiger partial charge is 0.396 e. The van der Waals surface area contributed by atoms with Crippen LogP contribution in [0.5, 0.6) is 0 Å². The standard InChI is InChI=1S/C11H26OSi2/c1-5-11(2)13-8-10-14(3,4)9-6-7-12/h5,12H,6-10,13H2,1-4H3. The van der Waals surface area contributed by atoms with Gasteiger partial charge in [-0.25, -0.2) is 0 Å². The molecule has 0 atom stereocenters. The first-order valence-corrected chi connectivity index (χ1v) is 10.9. The molecule has 3 heteroatoms. The summed E-state index contributed by atoms with van der Waals surface area (Å²) in [6.07, 6.45) is 3.29. The number of aliphatic hydroxyl groups is 1.